The maximum absolute atomic E-state index is 13.8. The molecule has 1 saturated heterocycles. The van der Waals surface area contributed by atoms with E-state index >= 15 is 0 Å². The first kappa shape index (κ1) is 29.5. The molecule has 2 aromatic carbocycles. The minimum atomic E-state index is -4.16. The minimum Gasteiger partial charge on any atom is -0.497 e. The molecule has 224 valence electrons. The van der Waals surface area contributed by atoms with Gasteiger partial charge in [0.05, 0.1) is 25.6 Å². The summed E-state index contributed by atoms with van der Waals surface area (Å²) in [5.74, 6) is 0.520. The molecule has 12 heteroatoms. The summed E-state index contributed by atoms with van der Waals surface area (Å²) in [4.78, 5) is 27.5. The third kappa shape index (κ3) is 6.09. The van der Waals surface area contributed by atoms with E-state index in [4.69, 9.17) is 14.2 Å². The number of pyridine rings is 1. The Hall–Kier alpha value is -4.03. The molecule has 0 unspecified atom stereocenters. The van der Waals surface area contributed by atoms with Crippen molar-refractivity contribution in [2.75, 3.05) is 57.2 Å². The Morgan fingerprint density at radius 1 is 1.00 bits per heavy atom. The fraction of sp³-hybridized carbons (Fsp3) is 0.400. The van der Waals surface area contributed by atoms with Crippen LogP contribution in [-0.2, 0) is 21.3 Å². The summed E-state index contributed by atoms with van der Waals surface area (Å²) in [6.45, 7) is 2.77. The van der Waals surface area contributed by atoms with E-state index in [2.05, 4.69) is 14.9 Å². The van der Waals surface area contributed by atoms with Crippen molar-refractivity contribution in [3.63, 3.8) is 0 Å². The summed E-state index contributed by atoms with van der Waals surface area (Å²) in [6.07, 6.45) is 1.60. The van der Waals surface area contributed by atoms with Gasteiger partial charge in [-0.1, -0.05) is 6.07 Å². The zero-order chi connectivity index (χ0) is 29.9. The van der Waals surface area contributed by atoms with Crippen LogP contribution in [0.3, 0.4) is 0 Å². The van der Waals surface area contributed by atoms with Crippen molar-refractivity contribution in [1.82, 2.24) is 9.88 Å². The zero-order valence-electron chi connectivity index (χ0n) is 24.0. The highest BCUT2D eigenvalue weighted by Gasteiger charge is 2.36. The number of fused-ring (bicyclic) bond motifs is 4. The van der Waals surface area contributed by atoms with Gasteiger partial charge in [-0.05, 0) is 55.2 Å². The van der Waals surface area contributed by atoms with Crippen molar-refractivity contribution in [2.45, 2.75) is 30.2 Å². The molecule has 11 nitrogen and oxygen atoms in total. The van der Waals surface area contributed by atoms with E-state index in [0.717, 1.165) is 12.1 Å². The number of sulfonamides is 1. The maximum atomic E-state index is 13.8. The Kier molecular flexibility index (Phi) is 8.74. The Morgan fingerprint density at radius 2 is 1.83 bits per heavy atom. The molecule has 0 radical (unpaired) electrons. The fourth-order valence-corrected chi connectivity index (χ4v) is 7.09. The van der Waals surface area contributed by atoms with Crippen LogP contribution in [0.25, 0.3) is 0 Å². The van der Waals surface area contributed by atoms with E-state index in [0.29, 0.717) is 56.2 Å². The number of rotatable bonds is 11. The molecule has 0 aliphatic carbocycles. The summed E-state index contributed by atoms with van der Waals surface area (Å²) >= 11 is 0. The van der Waals surface area contributed by atoms with Gasteiger partial charge in [-0.25, -0.2) is 8.42 Å². The van der Waals surface area contributed by atoms with Gasteiger partial charge in [0.15, 0.2) is 0 Å². The monoisotopic (exact) mass is 596 g/mol. The highest BCUT2D eigenvalue weighted by atomic mass is 32.2. The van der Waals surface area contributed by atoms with Gasteiger partial charge in [-0.2, -0.15) is 0 Å². The summed E-state index contributed by atoms with van der Waals surface area (Å²) in [7, 11) is 0.290. The lowest BCUT2D eigenvalue weighted by Gasteiger charge is -2.44. The van der Waals surface area contributed by atoms with Crippen LogP contribution in [0.1, 0.15) is 34.8 Å². The first-order valence-corrected chi connectivity index (χ1v) is 15.3. The molecule has 0 saturated carbocycles. The molecule has 5 rings (SSSR count). The minimum absolute atomic E-state index is 0.00259. The molecule has 2 N–H and O–H groups in total. The second-order valence-corrected chi connectivity index (χ2v) is 12.2. The number of aromatic nitrogens is 1. The van der Waals surface area contributed by atoms with E-state index in [1.54, 1.807) is 43.5 Å². The third-order valence-corrected chi connectivity index (χ3v) is 9.18. The SMILES string of the molecule is COCCCNC(=O)c1ccc(N2C[C@H]3C[C@@H](C2)c2cccc(=O)n2C3)c(NS(=O)(=O)c2cc(OC)ccc2OC)c1. The van der Waals surface area contributed by atoms with Gasteiger partial charge in [-0.3, -0.25) is 14.3 Å². The van der Waals surface area contributed by atoms with E-state index in [1.807, 2.05) is 10.6 Å². The molecule has 2 bridgehead atoms. The van der Waals surface area contributed by atoms with Crippen molar-refractivity contribution in [3.8, 4) is 11.5 Å². The van der Waals surface area contributed by atoms with Crippen LogP contribution in [0.2, 0.25) is 0 Å². The predicted octanol–water partition coefficient (Wildman–Crippen LogP) is 3.06. The number of carbonyl (C=O) groups is 1. The number of hydrogen-bond donors (Lipinski definition) is 2. The Morgan fingerprint density at radius 3 is 2.60 bits per heavy atom. The molecule has 3 heterocycles. The van der Waals surface area contributed by atoms with Crippen molar-refractivity contribution in [2.24, 2.45) is 5.92 Å². The highest BCUT2D eigenvalue weighted by Crippen LogP contribution is 2.40. The van der Waals surface area contributed by atoms with Crippen molar-refractivity contribution < 1.29 is 27.4 Å². The quantitative estimate of drug-likeness (QED) is 0.324. The van der Waals surface area contributed by atoms with Gasteiger partial charge < -0.3 is 29.0 Å². The number of hydrogen-bond acceptors (Lipinski definition) is 8. The maximum Gasteiger partial charge on any atom is 0.265 e. The summed E-state index contributed by atoms with van der Waals surface area (Å²) in [6, 6.07) is 15.0. The first-order valence-electron chi connectivity index (χ1n) is 13.8. The van der Waals surface area contributed by atoms with Crippen LogP contribution >= 0.6 is 0 Å². The topological polar surface area (TPSA) is 128 Å². The molecule has 1 amide bonds. The van der Waals surface area contributed by atoms with Gasteiger partial charge in [0.2, 0.25) is 0 Å². The molecular weight excluding hydrogens is 560 g/mol. The average molecular weight is 597 g/mol. The summed E-state index contributed by atoms with van der Waals surface area (Å²) in [5, 5.41) is 2.86. The highest BCUT2D eigenvalue weighted by molar-refractivity contribution is 7.92. The fourth-order valence-electron chi connectivity index (χ4n) is 5.84. The average Bonchev–Trinajstić information content (AvgIpc) is 2.99. The molecule has 1 fully saturated rings. The van der Waals surface area contributed by atoms with Crippen LogP contribution in [0.5, 0.6) is 11.5 Å². The summed E-state index contributed by atoms with van der Waals surface area (Å²) in [5.41, 5.74) is 2.23. The third-order valence-electron chi connectivity index (χ3n) is 7.79. The van der Waals surface area contributed by atoms with E-state index in [-0.39, 0.29) is 39.6 Å². The number of amides is 1. The van der Waals surface area contributed by atoms with Crippen LogP contribution < -0.4 is 30.0 Å². The molecule has 42 heavy (non-hydrogen) atoms. The van der Waals surface area contributed by atoms with Crippen molar-refractivity contribution >= 4 is 27.3 Å². The number of carbonyl (C=O) groups excluding carboxylic acids is 1. The summed E-state index contributed by atoms with van der Waals surface area (Å²) < 4.78 is 47.8. The van der Waals surface area contributed by atoms with Crippen LogP contribution in [0.4, 0.5) is 11.4 Å². The van der Waals surface area contributed by atoms with E-state index in [9.17, 15) is 18.0 Å². The van der Waals surface area contributed by atoms with Gasteiger partial charge in [0, 0.05) is 69.2 Å². The zero-order valence-corrected chi connectivity index (χ0v) is 24.8. The molecule has 2 aliphatic heterocycles. The first-order chi connectivity index (χ1) is 20.2. The van der Waals surface area contributed by atoms with Gasteiger partial charge in [-0.15, -0.1) is 0 Å². The largest absolute Gasteiger partial charge is 0.497 e. The number of nitrogens with zero attached hydrogens (tertiary/aromatic N) is 2. The Labute approximate surface area is 245 Å². The lowest BCUT2D eigenvalue weighted by Crippen LogP contribution is -2.47. The second kappa shape index (κ2) is 12.5. The van der Waals surface area contributed by atoms with Crippen molar-refractivity contribution in [1.29, 1.82) is 0 Å². The lowest BCUT2D eigenvalue weighted by molar-refractivity contribution is 0.0948. The van der Waals surface area contributed by atoms with E-state index < -0.39 is 10.0 Å². The number of benzene rings is 2. The second-order valence-electron chi connectivity index (χ2n) is 10.6. The van der Waals surface area contributed by atoms with Crippen molar-refractivity contribution in [3.05, 3.63) is 76.2 Å². The van der Waals surface area contributed by atoms with E-state index in [1.165, 1.54) is 26.4 Å². The van der Waals surface area contributed by atoms with Gasteiger partial charge in [0.1, 0.15) is 16.4 Å². The van der Waals surface area contributed by atoms with Gasteiger partial charge in [0.25, 0.3) is 21.5 Å². The van der Waals surface area contributed by atoms with Crippen LogP contribution in [0.15, 0.2) is 64.3 Å². The number of nitrogens with one attached hydrogen (secondary N) is 2. The predicted molar refractivity (Wildman–Crippen MR) is 159 cm³/mol. The number of piperidine rings is 1. The molecule has 0 spiro atoms. The molecule has 2 aliphatic rings. The standard InChI is InChI=1S/C30H36N4O7S/c1-39-13-5-12-31-30(36)21-8-10-26(33-17-20-14-22(19-33)25-6-4-7-29(35)34(25)18-20)24(15-21)32-42(37,38)28-16-23(40-2)9-11-27(28)41-3/h4,6-11,15-16,20,22,32H,5,12-14,17-19H2,1-3H3,(H,31,36)/t20-,22+/m1/s1. The van der Waals surface area contributed by atoms with Crippen LogP contribution in [-0.4, -0.2) is 66.5 Å². The smallest absolute Gasteiger partial charge is 0.265 e. The normalized spacial score (nSPS) is 17.7. The van der Waals surface area contributed by atoms with Gasteiger partial charge >= 0.3 is 0 Å². The molecule has 1 aromatic heterocycles. The Balaban J connectivity index is 1.51. The van der Waals surface area contributed by atoms with Crippen LogP contribution in [0, 0.1) is 5.92 Å². The number of ether oxygens (including phenoxy) is 3. The number of anilines is 2. The molecule has 3 aromatic rings. The number of methoxy groups -OCH3 is 3. The lowest BCUT2D eigenvalue weighted by atomic mass is 9.83. The molecule has 2 atom stereocenters. The Bertz CT molecular complexity index is 1620. The molecular formula is C30H36N4O7S.